The Hall–Kier alpha value is -0.0800. The Balaban J connectivity index is 2.42. The fourth-order valence-electron chi connectivity index (χ4n) is 1.93. The predicted octanol–water partition coefficient (Wildman–Crippen LogP) is 0.776. The molecule has 1 unspecified atom stereocenters. The van der Waals surface area contributed by atoms with Crippen molar-refractivity contribution < 1.29 is 10.2 Å². The van der Waals surface area contributed by atoms with Gasteiger partial charge < -0.3 is 10.2 Å². The molecular formula is C8H16O2. The standard InChI is InChI=1S/C8H16O2/c1-6(10)8-4-2-3-7(8)5-9/h6-10H,2-5H2,1H3/t6?,7-,8-/m0/s1. The molecule has 0 amide bonds. The highest BCUT2D eigenvalue weighted by atomic mass is 16.3. The van der Waals surface area contributed by atoms with E-state index >= 15 is 0 Å². The molecule has 1 fully saturated rings. The van der Waals surface area contributed by atoms with Crippen molar-refractivity contribution in [1.82, 2.24) is 0 Å². The highest BCUT2D eigenvalue weighted by molar-refractivity contribution is 4.79. The van der Waals surface area contributed by atoms with Crippen LogP contribution in [0, 0.1) is 11.8 Å². The first-order valence-corrected chi connectivity index (χ1v) is 4.04. The summed E-state index contributed by atoms with van der Waals surface area (Å²) in [7, 11) is 0. The molecule has 3 atom stereocenters. The van der Waals surface area contributed by atoms with E-state index in [9.17, 15) is 5.11 Å². The van der Waals surface area contributed by atoms with Gasteiger partial charge in [-0.1, -0.05) is 6.42 Å². The molecule has 0 saturated heterocycles. The van der Waals surface area contributed by atoms with Gasteiger partial charge in [0.2, 0.25) is 0 Å². The Morgan fingerprint density at radius 1 is 1.50 bits per heavy atom. The molecular weight excluding hydrogens is 128 g/mol. The zero-order valence-electron chi connectivity index (χ0n) is 6.45. The smallest absolute Gasteiger partial charge is 0.0543 e. The van der Waals surface area contributed by atoms with Gasteiger partial charge >= 0.3 is 0 Å². The molecule has 0 bridgehead atoms. The second kappa shape index (κ2) is 3.35. The first-order chi connectivity index (χ1) is 4.75. The Bertz CT molecular complexity index is 101. The molecule has 10 heavy (non-hydrogen) atoms. The monoisotopic (exact) mass is 144 g/mol. The maximum atomic E-state index is 9.24. The van der Waals surface area contributed by atoms with Crippen molar-refractivity contribution in [3.8, 4) is 0 Å². The lowest BCUT2D eigenvalue weighted by molar-refractivity contribution is 0.0773. The highest BCUT2D eigenvalue weighted by Gasteiger charge is 2.29. The normalized spacial score (nSPS) is 36.3. The molecule has 1 aliphatic rings. The third-order valence-corrected chi connectivity index (χ3v) is 2.57. The largest absolute Gasteiger partial charge is 0.396 e. The SMILES string of the molecule is CC(O)[C@@H]1CCC[C@H]1CO. The molecule has 1 rings (SSSR count). The van der Waals surface area contributed by atoms with Crippen LogP contribution in [0.2, 0.25) is 0 Å². The zero-order valence-corrected chi connectivity index (χ0v) is 6.45. The molecule has 2 heteroatoms. The zero-order chi connectivity index (χ0) is 7.56. The van der Waals surface area contributed by atoms with E-state index in [-0.39, 0.29) is 12.7 Å². The van der Waals surface area contributed by atoms with Gasteiger partial charge in [-0.05, 0) is 31.6 Å². The van der Waals surface area contributed by atoms with Crippen LogP contribution in [0.25, 0.3) is 0 Å². The van der Waals surface area contributed by atoms with Gasteiger partial charge in [0.25, 0.3) is 0 Å². The van der Waals surface area contributed by atoms with Gasteiger partial charge in [-0.3, -0.25) is 0 Å². The first kappa shape index (κ1) is 8.02. The van der Waals surface area contributed by atoms with E-state index in [0.29, 0.717) is 11.8 Å². The number of aliphatic hydroxyl groups is 2. The number of hydrogen-bond donors (Lipinski definition) is 2. The van der Waals surface area contributed by atoms with Crippen molar-refractivity contribution in [3.05, 3.63) is 0 Å². The van der Waals surface area contributed by atoms with Gasteiger partial charge in [0.15, 0.2) is 0 Å². The van der Waals surface area contributed by atoms with Gasteiger partial charge in [-0.2, -0.15) is 0 Å². The molecule has 0 spiro atoms. The van der Waals surface area contributed by atoms with Crippen LogP contribution in [0.5, 0.6) is 0 Å². The van der Waals surface area contributed by atoms with Crippen LogP contribution in [0.4, 0.5) is 0 Å². The third-order valence-electron chi connectivity index (χ3n) is 2.57. The fourth-order valence-corrected chi connectivity index (χ4v) is 1.93. The Kier molecular flexibility index (Phi) is 2.69. The summed E-state index contributed by atoms with van der Waals surface area (Å²) < 4.78 is 0. The van der Waals surface area contributed by atoms with Gasteiger partial charge in [0.1, 0.15) is 0 Å². The van der Waals surface area contributed by atoms with E-state index in [1.807, 2.05) is 6.92 Å². The summed E-state index contributed by atoms with van der Waals surface area (Å²) in [6.45, 7) is 2.06. The van der Waals surface area contributed by atoms with Crippen molar-refractivity contribution in [2.45, 2.75) is 32.3 Å². The summed E-state index contributed by atoms with van der Waals surface area (Å²) in [5, 5.41) is 18.1. The molecule has 0 radical (unpaired) electrons. The minimum Gasteiger partial charge on any atom is -0.396 e. The van der Waals surface area contributed by atoms with Crippen molar-refractivity contribution >= 4 is 0 Å². The molecule has 0 heterocycles. The van der Waals surface area contributed by atoms with Gasteiger partial charge in [-0.25, -0.2) is 0 Å². The molecule has 1 saturated carbocycles. The van der Waals surface area contributed by atoms with E-state index in [1.54, 1.807) is 0 Å². The second-order valence-electron chi connectivity index (χ2n) is 3.28. The van der Waals surface area contributed by atoms with Gasteiger partial charge in [0, 0.05) is 6.61 Å². The quantitative estimate of drug-likeness (QED) is 0.601. The van der Waals surface area contributed by atoms with Crippen molar-refractivity contribution in [3.63, 3.8) is 0 Å². The minimum absolute atomic E-state index is 0.236. The molecule has 0 aliphatic heterocycles. The lowest BCUT2D eigenvalue weighted by Gasteiger charge is -2.19. The molecule has 0 aromatic heterocycles. The van der Waals surface area contributed by atoms with E-state index in [0.717, 1.165) is 12.8 Å². The Morgan fingerprint density at radius 2 is 2.20 bits per heavy atom. The van der Waals surface area contributed by atoms with Gasteiger partial charge in [-0.15, -0.1) is 0 Å². The number of rotatable bonds is 2. The second-order valence-corrected chi connectivity index (χ2v) is 3.28. The molecule has 1 aliphatic carbocycles. The topological polar surface area (TPSA) is 40.5 Å². The van der Waals surface area contributed by atoms with Crippen molar-refractivity contribution in [2.24, 2.45) is 11.8 Å². The lowest BCUT2D eigenvalue weighted by atomic mass is 9.92. The molecule has 60 valence electrons. The summed E-state index contributed by atoms with van der Waals surface area (Å²) in [6, 6.07) is 0. The van der Waals surface area contributed by atoms with Crippen LogP contribution in [-0.4, -0.2) is 22.9 Å². The Morgan fingerprint density at radius 3 is 2.60 bits per heavy atom. The highest BCUT2D eigenvalue weighted by Crippen LogP contribution is 2.33. The van der Waals surface area contributed by atoms with E-state index in [2.05, 4.69) is 0 Å². The maximum absolute atomic E-state index is 9.24. The molecule has 2 N–H and O–H groups in total. The Labute approximate surface area is 61.9 Å². The number of aliphatic hydroxyl groups excluding tert-OH is 2. The summed E-state index contributed by atoms with van der Waals surface area (Å²) in [5.41, 5.74) is 0. The van der Waals surface area contributed by atoms with Gasteiger partial charge in [0.05, 0.1) is 6.10 Å². The van der Waals surface area contributed by atoms with Crippen LogP contribution in [-0.2, 0) is 0 Å². The molecule has 0 aromatic rings. The number of hydrogen-bond acceptors (Lipinski definition) is 2. The summed E-state index contributed by atoms with van der Waals surface area (Å²) >= 11 is 0. The van der Waals surface area contributed by atoms with Crippen LogP contribution in [0.3, 0.4) is 0 Å². The average Bonchev–Trinajstić information content (AvgIpc) is 2.33. The third kappa shape index (κ3) is 1.50. The van der Waals surface area contributed by atoms with Crippen molar-refractivity contribution in [1.29, 1.82) is 0 Å². The van der Waals surface area contributed by atoms with Crippen molar-refractivity contribution in [2.75, 3.05) is 6.61 Å². The van der Waals surface area contributed by atoms with Crippen LogP contribution >= 0.6 is 0 Å². The van der Waals surface area contributed by atoms with E-state index < -0.39 is 0 Å². The molecule has 0 aromatic carbocycles. The average molecular weight is 144 g/mol. The minimum atomic E-state index is -0.236. The van der Waals surface area contributed by atoms with E-state index in [1.165, 1.54) is 6.42 Å². The van der Waals surface area contributed by atoms with Crippen LogP contribution in [0.15, 0.2) is 0 Å². The first-order valence-electron chi connectivity index (χ1n) is 4.04. The predicted molar refractivity (Wildman–Crippen MR) is 39.6 cm³/mol. The summed E-state index contributed by atoms with van der Waals surface area (Å²) in [4.78, 5) is 0. The molecule has 2 nitrogen and oxygen atoms in total. The summed E-state index contributed by atoms with van der Waals surface area (Å²) in [5.74, 6) is 0.713. The van der Waals surface area contributed by atoms with E-state index in [4.69, 9.17) is 5.11 Å². The van der Waals surface area contributed by atoms with Crippen LogP contribution in [0.1, 0.15) is 26.2 Å². The summed E-state index contributed by atoms with van der Waals surface area (Å²) in [6.07, 6.45) is 3.11. The maximum Gasteiger partial charge on any atom is 0.0543 e. The fraction of sp³-hybridized carbons (Fsp3) is 1.00. The van der Waals surface area contributed by atoms with Crippen LogP contribution < -0.4 is 0 Å². The lowest BCUT2D eigenvalue weighted by Crippen LogP contribution is -2.22.